The molecular weight excluding hydrogens is 332 g/mol. The quantitative estimate of drug-likeness (QED) is 0.561. The van der Waals surface area contributed by atoms with Gasteiger partial charge in [0.1, 0.15) is 10.8 Å². The predicted octanol–water partition coefficient (Wildman–Crippen LogP) is 3.36. The SMILES string of the molecule is CCc1cnc(CNC(=NC)NCc2ccccc2OCC2CC2)s1. The van der Waals surface area contributed by atoms with Crippen LogP contribution in [-0.4, -0.2) is 24.6 Å². The number of aryl methyl sites for hydroxylation is 1. The summed E-state index contributed by atoms with van der Waals surface area (Å²) in [7, 11) is 1.78. The van der Waals surface area contributed by atoms with Crippen molar-refractivity contribution in [3.8, 4) is 5.75 Å². The van der Waals surface area contributed by atoms with Gasteiger partial charge in [-0.3, -0.25) is 4.99 Å². The lowest BCUT2D eigenvalue weighted by atomic mass is 10.2. The summed E-state index contributed by atoms with van der Waals surface area (Å²) < 4.78 is 5.96. The number of benzene rings is 1. The zero-order chi connectivity index (χ0) is 17.5. The summed E-state index contributed by atoms with van der Waals surface area (Å²) in [5.74, 6) is 2.48. The Morgan fingerprint density at radius 3 is 2.80 bits per heavy atom. The number of hydrogen-bond donors (Lipinski definition) is 2. The van der Waals surface area contributed by atoms with E-state index in [2.05, 4.69) is 33.6 Å². The summed E-state index contributed by atoms with van der Waals surface area (Å²) in [5.41, 5.74) is 1.15. The molecule has 1 heterocycles. The maximum absolute atomic E-state index is 5.96. The Balaban J connectivity index is 1.50. The van der Waals surface area contributed by atoms with Crippen LogP contribution in [0, 0.1) is 5.92 Å². The molecule has 0 unspecified atom stereocenters. The summed E-state index contributed by atoms with van der Waals surface area (Å²) >= 11 is 1.74. The van der Waals surface area contributed by atoms with Gasteiger partial charge in [0, 0.05) is 30.2 Å². The number of aromatic nitrogens is 1. The highest BCUT2D eigenvalue weighted by Crippen LogP contribution is 2.30. The van der Waals surface area contributed by atoms with Gasteiger partial charge in [0.15, 0.2) is 5.96 Å². The molecule has 2 N–H and O–H groups in total. The molecule has 6 heteroatoms. The minimum Gasteiger partial charge on any atom is -0.493 e. The van der Waals surface area contributed by atoms with E-state index in [-0.39, 0.29) is 0 Å². The Labute approximate surface area is 153 Å². The molecule has 134 valence electrons. The first kappa shape index (κ1) is 17.7. The fourth-order valence-electron chi connectivity index (χ4n) is 2.43. The molecule has 1 aliphatic carbocycles. The van der Waals surface area contributed by atoms with Crippen LogP contribution in [0.1, 0.15) is 35.2 Å². The summed E-state index contributed by atoms with van der Waals surface area (Å²) in [6.07, 6.45) is 5.58. The molecule has 0 spiro atoms. The smallest absolute Gasteiger partial charge is 0.191 e. The summed E-state index contributed by atoms with van der Waals surface area (Å²) in [4.78, 5) is 10.0. The molecule has 0 bridgehead atoms. The molecule has 1 aliphatic rings. The highest BCUT2D eigenvalue weighted by molar-refractivity contribution is 7.11. The standard InChI is InChI=1S/C19H26N4OS/c1-3-16-11-21-18(25-16)12-23-19(20-2)22-10-15-6-4-5-7-17(15)24-13-14-8-9-14/h4-7,11,14H,3,8-10,12-13H2,1-2H3,(H2,20,22,23). The zero-order valence-corrected chi connectivity index (χ0v) is 15.7. The second-order valence-corrected chi connectivity index (χ2v) is 7.42. The molecule has 0 amide bonds. The molecule has 1 fully saturated rings. The molecule has 2 aromatic rings. The van der Waals surface area contributed by atoms with Crippen molar-refractivity contribution in [2.75, 3.05) is 13.7 Å². The molecule has 0 atom stereocenters. The third-order valence-corrected chi connectivity index (χ3v) is 5.31. The topological polar surface area (TPSA) is 58.5 Å². The van der Waals surface area contributed by atoms with Gasteiger partial charge in [-0.15, -0.1) is 11.3 Å². The number of thiazole rings is 1. The van der Waals surface area contributed by atoms with Crippen LogP contribution in [0.5, 0.6) is 5.75 Å². The number of hydrogen-bond acceptors (Lipinski definition) is 4. The molecule has 0 saturated heterocycles. The van der Waals surface area contributed by atoms with Gasteiger partial charge in [0.2, 0.25) is 0 Å². The van der Waals surface area contributed by atoms with Gasteiger partial charge in [0.05, 0.1) is 13.2 Å². The number of aliphatic imine (C=N–C) groups is 1. The van der Waals surface area contributed by atoms with Gasteiger partial charge >= 0.3 is 0 Å². The van der Waals surface area contributed by atoms with Gasteiger partial charge in [0.25, 0.3) is 0 Å². The van der Waals surface area contributed by atoms with Gasteiger partial charge < -0.3 is 15.4 Å². The number of nitrogens with zero attached hydrogens (tertiary/aromatic N) is 2. The number of guanidine groups is 1. The highest BCUT2D eigenvalue weighted by Gasteiger charge is 2.22. The lowest BCUT2D eigenvalue weighted by molar-refractivity contribution is 0.296. The molecule has 1 saturated carbocycles. The summed E-state index contributed by atoms with van der Waals surface area (Å²) in [6.45, 7) is 4.34. The van der Waals surface area contributed by atoms with Crippen LogP contribution in [0.3, 0.4) is 0 Å². The first-order valence-corrected chi connectivity index (χ1v) is 9.69. The highest BCUT2D eigenvalue weighted by atomic mass is 32.1. The van der Waals surface area contributed by atoms with Crippen molar-refractivity contribution in [1.29, 1.82) is 0 Å². The van der Waals surface area contributed by atoms with Crippen molar-refractivity contribution >= 4 is 17.3 Å². The van der Waals surface area contributed by atoms with E-state index >= 15 is 0 Å². The first-order valence-electron chi connectivity index (χ1n) is 8.87. The number of nitrogens with one attached hydrogen (secondary N) is 2. The van der Waals surface area contributed by atoms with Crippen LogP contribution < -0.4 is 15.4 Å². The van der Waals surface area contributed by atoms with Crippen LogP contribution in [0.4, 0.5) is 0 Å². The van der Waals surface area contributed by atoms with Crippen molar-refractivity contribution in [3.05, 3.63) is 45.9 Å². The molecule has 1 aromatic carbocycles. The molecule has 5 nitrogen and oxygen atoms in total. The maximum atomic E-state index is 5.96. The fourth-order valence-corrected chi connectivity index (χ4v) is 3.24. The van der Waals surface area contributed by atoms with Crippen molar-refractivity contribution in [3.63, 3.8) is 0 Å². The van der Waals surface area contributed by atoms with E-state index in [0.717, 1.165) is 41.2 Å². The van der Waals surface area contributed by atoms with Crippen LogP contribution in [0.2, 0.25) is 0 Å². The molecule has 0 radical (unpaired) electrons. The normalized spacial score (nSPS) is 14.4. The van der Waals surface area contributed by atoms with Crippen molar-refractivity contribution < 1.29 is 4.74 Å². The van der Waals surface area contributed by atoms with E-state index in [1.54, 1.807) is 18.4 Å². The van der Waals surface area contributed by atoms with Gasteiger partial charge in [-0.1, -0.05) is 25.1 Å². The van der Waals surface area contributed by atoms with E-state index in [1.165, 1.54) is 17.7 Å². The van der Waals surface area contributed by atoms with Crippen molar-refractivity contribution in [2.45, 2.75) is 39.3 Å². The van der Waals surface area contributed by atoms with Gasteiger partial charge in [-0.05, 0) is 31.2 Å². The van der Waals surface area contributed by atoms with Gasteiger partial charge in [-0.25, -0.2) is 4.98 Å². The Kier molecular flexibility index (Phi) is 6.28. The lowest BCUT2D eigenvalue weighted by Crippen LogP contribution is -2.36. The minimum absolute atomic E-state index is 0.679. The molecule has 3 rings (SSSR count). The average Bonchev–Trinajstić information content (AvgIpc) is 3.37. The number of rotatable bonds is 8. The molecular formula is C19H26N4OS. The van der Waals surface area contributed by atoms with E-state index < -0.39 is 0 Å². The van der Waals surface area contributed by atoms with Crippen LogP contribution in [0.25, 0.3) is 0 Å². The van der Waals surface area contributed by atoms with Crippen LogP contribution in [0.15, 0.2) is 35.5 Å². The average molecular weight is 359 g/mol. The predicted molar refractivity (Wildman–Crippen MR) is 103 cm³/mol. The van der Waals surface area contributed by atoms with Crippen molar-refractivity contribution in [1.82, 2.24) is 15.6 Å². The van der Waals surface area contributed by atoms with Crippen LogP contribution >= 0.6 is 11.3 Å². The van der Waals surface area contributed by atoms with E-state index in [9.17, 15) is 0 Å². The number of ether oxygens (including phenoxy) is 1. The largest absolute Gasteiger partial charge is 0.493 e. The Morgan fingerprint density at radius 2 is 2.08 bits per heavy atom. The third kappa shape index (κ3) is 5.46. The summed E-state index contributed by atoms with van der Waals surface area (Å²) in [5, 5.41) is 7.75. The Morgan fingerprint density at radius 1 is 1.28 bits per heavy atom. The van der Waals surface area contributed by atoms with Gasteiger partial charge in [-0.2, -0.15) is 0 Å². The second kappa shape index (κ2) is 8.85. The molecule has 0 aliphatic heterocycles. The maximum Gasteiger partial charge on any atom is 0.191 e. The number of para-hydroxylation sites is 1. The Hall–Kier alpha value is -2.08. The fraction of sp³-hybridized carbons (Fsp3) is 0.474. The molecule has 25 heavy (non-hydrogen) atoms. The molecule has 1 aromatic heterocycles. The first-order chi connectivity index (χ1) is 12.3. The van der Waals surface area contributed by atoms with Crippen molar-refractivity contribution in [2.24, 2.45) is 10.9 Å². The van der Waals surface area contributed by atoms with E-state index in [4.69, 9.17) is 4.74 Å². The Bertz CT molecular complexity index is 709. The van der Waals surface area contributed by atoms with Crippen LogP contribution in [-0.2, 0) is 19.5 Å². The third-order valence-electron chi connectivity index (χ3n) is 4.17. The second-order valence-electron chi connectivity index (χ2n) is 6.22. The lowest BCUT2D eigenvalue weighted by Gasteiger charge is -2.14. The minimum atomic E-state index is 0.679. The monoisotopic (exact) mass is 358 g/mol. The van der Waals surface area contributed by atoms with E-state index in [0.29, 0.717) is 13.1 Å². The summed E-state index contributed by atoms with van der Waals surface area (Å²) in [6, 6.07) is 8.19. The zero-order valence-electron chi connectivity index (χ0n) is 14.9. The van der Waals surface area contributed by atoms with E-state index in [1.807, 2.05) is 24.4 Å².